The molecule has 0 fully saturated rings. The third-order valence-electron chi connectivity index (χ3n) is 3.40. The standard InChI is InChI=1S/C17H16F3NO4S2/c1-12(25-27(23,24)17(18,19)20)15(13-6-3-2-4-7-13)16(22)21-10-9-14-8-5-11-26-14/h2-8,11H,9-10H2,1H3,(H,21,22)/b15-12+. The van der Waals surface area contributed by atoms with Gasteiger partial charge in [-0.05, 0) is 30.4 Å². The van der Waals surface area contributed by atoms with Gasteiger partial charge in [-0.3, -0.25) is 4.79 Å². The topological polar surface area (TPSA) is 72.5 Å². The molecule has 0 saturated heterocycles. The van der Waals surface area contributed by atoms with Crippen LogP contribution < -0.4 is 5.32 Å². The number of amides is 1. The predicted molar refractivity (Wildman–Crippen MR) is 96.1 cm³/mol. The van der Waals surface area contributed by atoms with Crippen LogP contribution in [0.3, 0.4) is 0 Å². The van der Waals surface area contributed by atoms with E-state index in [0.717, 1.165) is 11.8 Å². The van der Waals surface area contributed by atoms with E-state index >= 15 is 0 Å². The zero-order valence-corrected chi connectivity index (χ0v) is 15.7. The molecule has 0 aliphatic carbocycles. The molecular weight excluding hydrogens is 403 g/mol. The summed E-state index contributed by atoms with van der Waals surface area (Å²) in [7, 11) is -5.88. The quantitative estimate of drug-likeness (QED) is 0.321. The molecule has 1 amide bonds. The van der Waals surface area contributed by atoms with Gasteiger partial charge in [0.15, 0.2) is 0 Å². The van der Waals surface area contributed by atoms with Gasteiger partial charge in [0.2, 0.25) is 0 Å². The number of halogens is 3. The average molecular weight is 419 g/mol. The highest BCUT2D eigenvalue weighted by Crippen LogP contribution is 2.29. The SMILES string of the molecule is C/C(OS(=O)(=O)C(F)(F)F)=C(\C(=O)NCCc1cccs1)c1ccccc1. The van der Waals surface area contributed by atoms with Crippen LogP contribution in [0.5, 0.6) is 0 Å². The van der Waals surface area contributed by atoms with Crippen LogP contribution in [0.2, 0.25) is 0 Å². The fourth-order valence-electron chi connectivity index (χ4n) is 2.19. The van der Waals surface area contributed by atoms with Crippen LogP contribution >= 0.6 is 11.3 Å². The molecule has 5 nitrogen and oxygen atoms in total. The third kappa shape index (κ3) is 5.57. The maximum atomic E-state index is 12.6. The number of hydrogen-bond donors (Lipinski definition) is 1. The van der Waals surface area contributed by atoms with Crippen LogP contribution in [0.15, 0.2) is 53.6 Å². The molecule has 0 aliphatic rings. The lowest BCUT2D eigenvalue weighted by Gasteiger charge is -2.15. The van der Waals surface area contributed by atoms with Crippen LogP contribution in [0.1, 0.15) is 17.4 Å². The van der Waals surface area contributed by atoms with Crippen molar-refractivity contribution in [2.45, 2.75) is 18.9 Å². The van der Waals surface area contributed by atoms with Crippen LogP contribution in [-0.4, -0.2) is 26.4 Å². The van der Waals surface area contributed by atoms with Crippen molar-refractivity contribution in [3.05, 3.63) is 64.0 Å². The fourth-order valence-corrected chi connectivity index (χ4v) is 3.41. The monoisotopic (exact) mass is 419 g/mol. The zero-order valence-electron chi connectivity index (χ0n) is 14.1. The summed E-state index contributed by atoms with van der Waals surface area (Å²) in [6, 6.07) is 11.5. The Morgan fingerprint density at radius 3 is 2.37 bits per heavy atom. The molecule has 0 bridgehead atoms. The van der Waals surface area contributed by atoms with Gasteiger partial charge in [0.05, 0.1) is 5.57 Å². The summed E-state index contributed by atoms with van der Waals surface area (Å²) < 4.78 is 64.5. The van der Waals surface area contributed by atoms with E-state index in [1.165, 1.54) is 23.5 Å². The van der Waals surface area contributed by atoms with Gasteiger partial charge in [0.1, 0.15) is 5.76 Å². The number of benzene rings is 1. The van der Waals surface area contributed by atoms with E-state index in [4.69, 9.17) is 0 Å². The van der Waals surface area contributed by atoms with E-state index in [9.17, 15) is 26.4 Å². The van der Waals surface area contributed by atoms with E-state index in [1.54, 1.807) is 18.2 Å². The molecule has 146 valence electrons. The summed E-state index contributed by atoms with van der Waals surface area (Å²) in [6.07, 6.45) is 0.534. The summed E-state index contributed by atoms with van der Waals surface area (Å²) in [5.74, 6) is -1.39. The first-order valence-corrected chi connectivity index (χ1v) is 9.98. The van der Waals surface area contributed by atoms with Gasteiger partial charge in [-0.25, -0.2) is 0 Å². The number of carbonyl (C=O) groups is 1. The number of alkyl halides is 3. The largest absolute Gasteiger partial charge is 0.534 e. The maximum absolute atomic E-state index is 12.6. The van der Waals surface area contributed by atoms with E-state index in [-0.39, 0.29) is 17.7 Å². The third-order valence-corrected chi connectivity index (χ3v) is 5.37. The first-order valence-electron chi connectivity index (χ1n) is 7.69. The van der Waals surface area contributed by atoms with E-state index in [1.807, 2.05) is 17.5 Å². The normalized spacial score (nSPS) is 13.0. The Morgan fingerprint density at radius 1 is 1.15 bits per heavy atom. The fraction of sp³-hybridized carbons (Fsp3) is 0.235. The Kier molecular flexibility index (Phi) is 6.66. The van der Waals surface area contributed by atoms with Crippen LogP contribution in [0, 0.1) is 0 Å². The van der Waals surface area contributed by atoms with Crippen molar-refractivity contribution < 1.29 is 30.6 Å². The number of nitrogens with one attached hydrogen (secondary N) is 1. The highest BCUT2D eigenvalue weighted by molar-refractivity contribution is 7.87. The van der Waals surface area contributed by atoms with Crippen molar-refractivity contribution >= 4 is 32.9 Å². The smallest absolute Gasteiger partial charge is 0.380 e. The Labute approximate surface area is 158 Å². The molecule has 1 aromatic carbocycles. The number of allylic oxidation sites excluding steroid dienone is 1. The molecule has 0 spiro atoms. The molecule has 2 rings (SSSR count). The molecule has 0 aliphatic heterocycles. The molecule has 0 radical (unpaired) electrons. The summed E-state index contributed by atoms with van der Waals surface area (Å²) in [5, 5.41) is 4.46. The number of carbonyl (C=O) groups excluding carboxylic acids is 1. The maximum Gasteiger partial charge on any atom is 0.534 e. The van der Waals surface area contributed by atoms with Gasteiger partial charge in [0.25, 0.3) is 5.91 Å². The predicted octanol–water partition coefficient (Wildman–Crippen LogP) is 3.70. The Bertz CT molecular complexity index is 905. The van der Waals surface area contributed by atoms with Gasteiger partial charge in [-0.1, -0.05) is 36.4 Å². The summed E-state index contributed by atoms with van der Waals surface area (Å²) in [4.78, 5) is 13.5. The number of rotatable bonds is 7. The van der Waals surface area contributed by atoms with E-state index in [0.29, 0.717) is 6.42 Å². The van der Waals surface area contributed by atoms with Crippen LogP contribution in [-0.2, 0) is 25.5 Å². The Balaban J connectivity index is 2.26. The van der Waals surface area contributed by atoms with E-state index in [2.05, 4.69) is 9.50 Å². The van der Waals surface area contributed by atoms with Gasteiger partial charge in [0, 0.05) is 11.4 Å². The summed E-state index contributed by atoms with van der Waals surface area (Å²) in [6.45, 7) is 1.24. The van der Waals surface area contributed by atoms with Crippen molar-refractivity contribution in [2.24, 2.45) is 0 Å². The minimum absolute atomic E-state index is 0.231. The van der Waals surface area contributed by atoms with Gasteiger partial charge >= 0.3 is 15.6 Å². The molecular formula is C17H16F3NO4S2. The Hall–Kier alpha value is -2.33. The summed E-state index contributed by atoms with van der Waals surface area (Å²) >= 11 is 1.50. The highest BCUT2D eigenvalue weighted by atomic mass is 32.2. The number of thiophene rings is 1. The van der Waals surface area contributed by atoms with Gasteiger partial charge in [-0.2, -0.15) is 21.6 Å². The summed E-state index contributed by atoms with van der Waals surface area (Å²) in [5.41, 5.74) is -5.64. The van der Waals surface area contributed by atoms with Crippen molar-refractivity contribution in [1.29, 1.82) is 0 Å². The second kappa shape index (κ2) is 8.57. The van der Waals surface area contributed by atoms with Crippen LogP contribution in [0.4, 0.5) is 13.2 Å². The second-order valence-corrected chi connectivity index (χ2v) is 7.94. The van der Waals surface area contributed by atoms with Crippen molar-refractivity contribution in [3.8, 4) is 0 Å². The lowest BCUT2D eigenvalue weighted by Crippen LogP contribution is -2.29. The van der Waals surface area contributed by atoms with Gasteiger partial charge < -0.3 is 9.50 Å². The number of hydrogen-bond acceptors (Lipinski definition) is 5. The molecule has 27 heavy (non-hydrogen) atoms. The van der Waals surface area contributed by atoms with Crippen LogP contribution in [0.25, 0.3) is 5.57 Å². The first-order chi connectivity index (χ1) is 12.6. The zero-order chi connectivity index (χ0) is 20.1. The first kappa shape index (κ1) is 21.0. The molecule has 1 heterocycles. The highest BCUT2D eigenvalue weighted by Gasteiger charge is 2.48. The van der Waals surface area contributed by atoms with Gasteiger partial charge in [-0.15, -0.1) is 11.3 Å². The minimum atomic E-state index is -5.88. The Morgan fingerprint density at radius 2 is 1.81 bits per heavy atom. The second-order valence-electron chi connectivity index (χ2n) is 5.37. The van der Waals surface area contributed by atoms with E-state index < -0.39 is 27.3 Å². The molecule has 0 unspecified atom stereocenters. The molecule has 1 aromatic heterocycles. The molecule has 10 heteroatoms. The average Bonchev–Trinajstić information content (AvgIpc) is 3.08. The molecule has 0 saturated carbocycles. The van der Waals surface area contributed by atoms with Crippen molar-refractivity contribution in [3.63, 3.8) is 0 Å². The lowest BCUT2D eigenvalue weighted by molar-refractivity contribution is -0.115. The molecule has 1 N–H and O–H groups in total. The van der Waals surface area contributed by atoms with Crippen molar-refractivity contribution in [2.75, 3.05) is 6.54 Å². The molecule has 2 aromatic rings. The lowest BCUT2D eigenvalue weighted by atomic mass is 10.0. The minimum Gasteiger partial charge on any atom is -0.380 e. The van der Waals surface area contributed by atoms with Crippen molar-refractivity contribution in [1.82, 2.24) is 5.32 Å². The molecule has 0 atom stereocenters.